The number of rotatable bonds is 1. The fourth-order valence-corrected chi connectivity index (χ4v) is 5.01. The van der Waals surface area contributed by atoms with E-state index < -0.39 is 5.41 Å². The highest BCUT2D eigenvalue weighted by Gasteiger charge is 2.45. The molecule has 3 aliphatic rings. The van der Waals surface area contributed by atoms with Crippen LogP contribution in [-0.2, 0) is 40.7 Å². The van der Waals surface area contributed by atoms with Crippen molar-refractivity contribution >= 4 is 17.6 Å². The van der Waals surface area contributed by atoms with Crippen LogP contribution in [0.4, 0.5) is 0 Å². The Labute approximate surface area is 177 Å². The summed E-state index contributed by atoms with van der Waals surface area (Å²) in [6, 6.07) is 24.7. The average molecular weight is 392 g/mol. The average Bonchev–Trinajstić information content (AvgIpc) is 3.42. The zero-order valence-corrected chi connectivity index (χ0v) is 17.2. The molecule has 0 heterocycles. The number of fused-ring (bicyclic) bond motifs is 3. The second-order valence-corrected chi connectivity index (χ2v) is 8.59. The van der Waals surface area contributed by atoms with Crippen LogP contribution in [0, 0.1) is 0 Å². The lowest BCUT2D eigenvalue weighted by Crippen LogP contribution is -2.30. The van der Waals surface area contributed by atoms with Crippen LogP contribution < -0.4 is 0 Å². The van der Waals surface area contributed by atoms with E-state index in [9.17, 15) is 9.59 Å². The quantitative estimate of drug-likeness (QED) is 0.580. The first-order chi connectivity index (χ1) is 14.6. The van der Waals surface area contributed by atoms with E-state index in [2.05, 4.69) is 49.4 Å². The second-order valence-electron chi connectivity index (χ2n) is 8.59. The lowest BCUT2D eigenvalue weighted by atomic mass is 9.75. The van der Waals surface area contributed by atoms with Crippen LogP contribution in [0.3, 0.4) is 0 Å². The molecule has 1 atom stereocenters. The minimum atomic E-state index is -0.435. The molecule has 0 N–H and O–H groups in total. The van der Waals surface area contributed by atoms with E-state index in [4.69, 9.17) is 0 Å². The third-order valence-electron chi connectivity index (χ3n) is 6.77. The summed E-state index contributed by atoms with van der Waals surface area (Å²) in [7, 11) is 0. The van der Waals surface area contributed by atoms with Crippen molar-refractivity contribution in [3.63, 3.8) is 0 Å². The van der Waals surface area contributed by atoms with Crippen molar-refractivity contribution in [1.29, 1.82) is 0 Å². The number of carbonyl (C=O) groups excluding carboxylic acids is 2. The van der Waals surface area contributed by atoms with Gasteiger partial charge in [-0.05, 0) is 52.3 Å². The third-order valence-corrected chi connectivity index (χ3v) is 6.77. The first-order valence-corrected chi connectivity index (χ1v) is 10.5. The zero-order valence-electron chi connectivity index (χ0n) is 17.2. The molecule has 0 saturated heterocycles. The van der Waals surface area contributed by atoms with Crippen molar-refractivity contribution in [2.24, 2.45) is 0 Å². The number of carbonyl (C=O) groups is 2. The van der Waals surface area contributed by atoms with Gasteiger partial charge >= 0.3 is 0 Å². The maximum Gasteiger partial charge on any atom is 0.151 e. The van der Waals surface area contributed by atoms with Crippen molar-refractivity contribution in [3.05, 3.63) is 112 Å². The predicted molar refractivity (Wildman–Crippen MR) is 119 cm³/mol. The molecule has 0 amide bonds. The maximum absolute atomic E-state index is 12.7. The van der Waals surface area contributed by atoms with Gasteiger partial charge in [0, 0.05) is 19.3 Å². The van der Waals surface area contributed by atoms with Gasteiger partial charge in [-0.25, -0.2) is 0 Å². The van der Waals surface area contributed by atoms with Crippen LogP contribution in [0.1, 0.15) is 40.3 Å². The van der Waals surface area contributed by atoms with Crippen molar-refractivity contribution in [3.8, 4) is 0 Å². The molecular weight excluding hydrogens is 368 g/mol. The number of Topliss-reactive ketones (excluding diaryl/α,β-unsaturated/α-hetero) is 2. The molecule has 0 radical (unpaired) electrons. The molecule has 2 nitrogen and oxygen atoms in total. The maximum atomic E-state index is 12.7. The predicted octanol–water partition coefficient (Wildman–Crippen LogP) is 5.06. The number of benzene rings is 3. The molecule has 148 valence electrons. The van der Waals surface area contributed by atoms with Crippen LogP contribution >= 0.6 is 0 Å². The van der Waals surface area contributed by atoms with Crippen LogP contribution in [0.2, 0.25) is 0 Å². The third kappa shape index (κ3) is 3.04. The molecule has 0 saturated carbocycles. The van der Waals surface area contributed by atoms with Gasteiger partial charge < -0.3 is 0 Å². The Morgan fingerprint density at radius 2 is 1.20 bits per heavy atom. The summed E-state index contributed by atoms with van der Waals surface area (Å²) >= 11 is 0. The molecule has 0 fully saturated rings. The highest BCUT2D eigenvalue weighted by molar-refractivity contribution is 6.01. The Kier molecular flexibility index (Phi) is 4.51. The minimum Gasteiger partial charge on any atom is -0.299 e. The lowest BCUT2D eigenvalue weighted by molar-refractivity contribution is -0.121. The van der Waals surface area contributed by atoms with E-state index >= 15 is 0 Å². The fraction of sp³-hybridized carbons (Fsp3) is 0.214. The van der Waals surface area contributed by atoms with Crippen molar-refractivity contribution < 1.29 is 9.59 Å². The second kappa shape index (κ2) is 7.21. The van der Waals surface area contributed by atoms with Crippen molar-refractivity contribution in [2.75, 3.05) is 0 Å². The summed E-state index contributed by atoms with van der Waals surface area (Å²) < 4.78 is 0. The van der Waals surface area contributed by atoms with Crippen LogP contribution in [0.25, 0.3) is 6.08 Å². The van der Waals surface area contributed by atoms with E-state index in [1.807, 2.05) is 36.4 Å². The van der Waals surface area contributed by atoms with Gasteiger partial charge in [-0.3, -0.25) is 9.59 Å². The Bertz CT molecular complexity index is 1170. The van der Waals surface area contributed by atoms with Gasteiger partial charge in [-0.1, -0.05) is 78.9 Å². The minimum absolute atomic E-state index is 0.331. The summed E-state index contributed by atoms with van der Waals surface area (Å²) in [5, 5.41) is 0. The molecule has 6 rings (SSSR count). The lowest BCUT2D eigenvalue weighted by Gasteiger charge is -2.25. The molecule has 0 aliphatic heterocycles. The first kappa shape index (κ1) is 18.7. The van der Waals surface area contributed by atoms with Gasteiger partial charge in [0.15, 0.2) is 5.78 Å². The highest BCUT2D eigenvalue weighted by atomic mass is 16.1. The molecule has 2 heteroatoms. The summed E-state index contributed by atoms with van der Waals surface area (Å²) in [6.07, 6.45) is 4.98. The van der Waals surface area contributed by atoms with E-state index in [1.54, 1.807) is 0 Å². The molecule has 3 aliphatic carbocycles. The van der Waals surface area contributed by atoms with Crippen LogP contribution in [0.5, 0.6) is 0 Å². The van der Waals surface area contributed by atoms with E-state index in [0.717, 1.165) is 6.42 Å². The number of hydrogen-bond acceptors (Lipinski definition) is 2. The summed E-state index contributed by atoms with van der Waals surface area (Å²) in [6.45, 7) is 2.10. The largest absolute Gasteiger partial charge is 0.299 e. The van der Waals surface area contributed by atoms with Gasteiger partial charge in [0.2, 0.25) is 0 Å². The van der Waals surface area contributed by atoms with Gasteiger partial charge in [-0.15, -0.1) is 0 Å². The molecule has 1 unspecified atom stereocenters. The first-order valence-electron chi connectivity index (χ1n) is 10.5. The Morgan fingerprint density at radius 1 is 0.633 bits per heavy atom. The fourth-order valence-electron chi connectivity index (χ4n) is 5.01. The molecule has 0 aromatic heterocycles. The summed E-state index contributed by atoms with van der Waals surface area (Å²) in [5.41, 5.74) is 8.23. The molecule has 3 aromatic carbocycles. The Morgan fingerprint density at radius 3 is 1.87 bits per heavy atom. The monoisotopic (exact) mass is 392 g/mol. The SMILES string of the molecule is CC1(C2=Cc3ccccc3C2)C(=O)Cc2ccccc21.O=C1Cc2ccccc2C1. The molecule has 3 aromatic rings. The molecule has 0 bridgehead atoms. The smallest absolute Gasteiger partial charge is 0.151 e. The molecule has 0 spiro atoms. The van der Waals surface area contributed by atoms with Gasteiger partial charge in [0.05, 0.1) is 5.41 Å². The Balaban J connectivity index is 0.000000161. The van der Waals surface area contributed by atoms with E-state index in [1.165, 1.54) is 39.0 Å². The van der Waals surface area contributed by atoms with Crippen molar-refractivity contribution in [2.45, 2.75) is 38.0 Å². The van der Waals surface area contributed by atoms with E-state index in [0.29, 0.717) is 30.8 Å². The highest BCUT2D eigenvalue weighted by Crippen LogP contribution is 2.45. The summed E-state index contributed by atoms with van der Waals surface area (Å²) in [4.78, 5) is 23.6. The molecular formula is C28H24O2. The van der Waals surface area contributed by atoms with Gasteiger partial charge in [0.1, 0.15) is 5.78 Å². The number of ketones is 2. The van der Waals surface area contributed by atoms with Gasteiger partial charge in [0.25, 0.3) is 0 Å². The molecule has 30 heavy (non-hydrogen) atoms. The van der Waals surface area contributed by atoms with Crippen molar-refractivity contribution in [1.82, 2.24) is 0 Å². The summed E-state index contributed by atoms with van der Waals surface area (Å²) in [5.74, 6) is 0.680. The van der Waals surface area contributed by atoms with E-state index in [-0.39, 0.29) is 0 Å². The Hall–Kier alpha value is -3.26. The normalized spacial score (nSPS) is 20.8. The number of hydrogen-bond donors (Lipinski definition) is 0. The number of allylic oxidation sites excluding steroid dienone is 1. The van der Waals surface area contributed by atoms with Crippen LogP contribution in [0.15, 0.2) is 78.4 Å². The van der Waals surface area contributed by atoms with Gasteiger partial charge in [-0.2, -0.15) is 0 Å². The topological polar surface area (TPSA) is 34.1 Å². The van der Waals surface area contributed by atoms with Crippen LogP contribution in [-0.4, -0.2) is 11.6 Å². The standard InChI is InChI=1S/C19H16O.C9H8O/c1-19(16-10-13-6-2-3-7-14(13)11-16)17-9-5-4-8-15(17)12-18(19)20;10-9-5-7-3-1-2-4-8(7)6-9/h2-10H,11-12H2,1H3;1-4H,5-6H2. The zero-order chi connectivity index (χ0) is 20.7.